The number of unbranched alkanes of at least 4 members (excludes halogenated alkanes) is 2. The van der Waals surface area contributed by atoms with Gasteiger partial charge in [0.15, 0.2) is 0 Å². The number of carbonyl (C=O) groups excluding carboxylic acids is 2. The van der Waals surface area contributed by atoms with E-state index >= 15 is 0 Å². The monoisotopic (exact) mass is 376 g/mol. The highest BCUT2D eigenvalue weighted by Gasteiger charge is 2.28. The number of hydrogen-bond acceptors (Lipinski definition) is 6. The van der Waals surface area contributed by atoms with Crippen LogP contribution in [0.4, 0.5) is 0 Å². The van der Waals surface area contributed by atoms with Gasteiger partial charge in [0.25, 0.3) is 0 Å². The summed E-state index contributed by atoms with van der Waals surface area (Å²) in [5.41, 5.74) is 0.718. The average Bonchev–Trinajstić information content (AvgIpc) is 2.78. The van der Waals surface area contributed by atoms with Crippen molar-refractivity contribution in [2.24, 2.45) is 5.92 Å². The van der Waals surface area contributed by atoms with Crippen molar-refractivity contribution in [3.63, 3.8) is 0 Å². The van der Waals surface area contributed by atoms with E-state index in [1.54, 1.807) is 24.3 Å². The lowest BCUT2D eigenvalue weighted by Crippen LogP contribution is -1.96. The summed E-state index contributed by atoms with van der Waals surface area (Å²) in [7, 11) is -4.67. The van der Waals surface area contributed by atoms with Gasteiger partial charge in [0.1, 0.15) is 0 Å². The van der Waals surface area contributed by atoms with Crippen molar-refractivity contribution in [1.29, 1.82) is 0 Å². The molecule has 142 valence electrons. The molecule has 1 heterocycles. The molecule has 8 nitrogen and oxygen atoms in total. The first-order valence-electron chi connectivity index (χ1n) is 7.72. The highest BCUT2D eigenvalue weighted by molar-refractivity contribution is 7.79. The van der Waals surface area contributed by atoms with Crippen molar-refractivity contribution < 1.29 is 37.0 Å². The summed E-state index contributed by atoms with van der Waals surface area (Å²) in [4.78, 5) is 21.7. The number of rotatable bonds is 5. The summed E-state index contributed by atoms with van der Waals surface area (Å²) in [5, 5.41) is 8.43. The molecule has 25 heavy (non-hydrogen) atoms. The summed E-state index contributed by atoms with van der Waals surface area (Å²) in [5.74, 6) is -0.278. The van der Waals surface area contributed by atoms with Crippen LogP contribution in [0.5, 0.6) is 0 Å². The van der Waals surface area contributed by atoms with Gasteiger partial charge >= 0.3 is 22.3 Å². The summed E-state index contributed by atoms with van der Waals surface area (Å²) >= 11 is 0. The summed E-state index contributed by atoms with van der Waals surface area (Å²) in [6, 6.07) is 6.53. The molecule has 1 aliphatic rings. The van der Waals surface area contributed by atoms with E-state index in [-0.39, 0.29) is 0 Å². The van der Waals surface area contributed by atoms with E-state index < -0.39 is 22.3 Å². The van der Waals surface area contributed by atoms with Gasteiger partial charge in [-0.05, 0) is 24.5 Å². The van der Waals surface area contributed by atoms with E-state index in [1.165, 1.54) is 19.3 Å². The molecule has 0 saturated carbocycles. The third-order valence-corrected chi connectivity index (χ3v) is 2.99. The number of aliphatic hydroxyl groups excluding tert-OH is 1. The first-order chi connectivity index (χ1) is 11.6. The minimum absolute atomic E-state index is 0.359. The molecule has 1 aromatic carbocycles. The molecule has 9 heteroatoms. The molecule has 0 unspecified atom stereocenters. The number of hydrogen-bond donors (Lipinski definition) is 3. The van der Waals surface area contributed by atoms with Crippen LogP contribution in [0.3, 0.4) is 0 Å². The van der Waals surface area contributed by atoms with Gasteiger partial charge in [-0.3, -0.25) is 9.11 Å². The molecular formula is C16H24O8S. The summed E-state index contributed by atoms with van der Waals surface area (Å²) < 4.78 is 35.9. The van der Waals surface area contributed by atoms with Gasteiger partial charge in [0.05, 0.1) is 11.1 Å². The van der Waals surface area contributed by atoms with Gasteiger partial charge in [-0.1, -0.05) is 45.2 Å². The van der Waals surface area contributed by atoms with Gasteiger partial charge < -0.3 is 9.84 Å². The maximum atomic E-state index is 10.8. The number of ether oxygens (including phenoxy) is 1. The third-order valence-electron chi connectivity index (χ3n) is 2.99. The quantitative estimate of drug-likeness (QED) is 0.308. The fourth-order valence-corrected chi connectivity index (χ4v) is 1.87. The predicted octanol–water partition coefficient (Wildman–Crippen LogP) is 2.54. The van der Waals surface area contributed by atoms with Gasteiger partial charge in [0.2, 0.25) is 0 Å². The Balaban J connectivity index is 0.000000374. The zero-order valence-electron chi connectivity index (χ0n) is 14.2. The number of benzene rings is 1. The minimum atomic E-state index is -4.67. The number of aliphatic hydroxyl groups is 1. The maximum absolute atomic E-state index is 10.8. The SMILES string of the molecule is CC(C)CCCCCO.O=C1OC(=O)c2ccccc21.O=S(=O)(O)O. The molecule has 0 radical (unpaired) electrons. The molecule has 0 amide bonds. The second kappa shape index (κ2) is 11.7. The highest BCUT2D eigenvalue weighted by Crippen LogP contribution is 2.18. The van der Waals surface area contributed by atoms with E-state index in [2.05, 4.69) is 18.6 Å². The van der Waals surface area contributed by atoms with E-state index in [1.807, 2.05) is 0 Å². The molecule has 1 aromatic rings. The van der Waals surface area contributed by atoms with Crippen molar-refractivity contribution in [3.05, 3.63) is 35.4 Å². The lowest BCUT2D eigenvalue weighted by atomic mass is 10.1. The number of cyclic esters (lactones) is 2. The van der Waals surface area contributed by atoms with Crippen molar-refractivity contribution in [1.82, 2.24) is 0 Å². The minimum Gasteiger partial charge on any atom is -0.396 e. The predicted molar refractivity (Wildman–Crippen MR) is 90.8 cm³/mol. The highest BCUT2D eigenvalue weighted by atomic mass is 32.3. The van der Waals surface area contributed by atoms with Crippen LogP contribution in [-0.2, 0) is 15.1 Å². The van der Waals surface area contributed by atoms with Gasteiger partial charge in [-0.25, -0.2) is 9.59 Å². The number of carbonyl (C=O) groups is 2. The fraction of sp³-hybridized carbons (Fsp3) is 0.500. The van der Waals surface area contributed by atoms with Gasteiger partial charge in [-0.2, -0.15) is 8.42 Å². The second-order valence-electron chi connectivity index (χ2n) is 5.64. The summed E-state index contributed by atoms with van der Waals surface area (Å²) in [6.07, 6.45) is 4.75. The molecule has 0 spiro atoms. The van der Waals surface area contributed by atoms with Crippen LogP contribution in [0.25, 0.3) is 0 Å². The zero-order chi connectivity index (χ0) is 19.5. The van der Waals surface area contributed by atoms with E-state index in [4.69, 9.17) is 22.6 Å². The lowest BCUT2D eigenvalue weighted by molar-refractivity contribution is 0.0443. The van der Waals surface area contributed by atoms with Crippen LogP contribution in [0.2, 0.25) is 0 Å². The Hall–Kier alpha value is -1.81. The standard InChI is InChI=1S/C8H4O3.C8H18O.H2O4S/c9-7-5-3-1-2-4-6(5)8(10)11-7;1-8(2)6-4-3-5-7-9;1-5(2,3)4/h1-4H;8-9H,3-7H2,1-2H3;(H2,1,2,3,4). The maximum Gasteiger partial charge on any atom is 0.394 e. The van der Waals surface area contributed by atoms with Crippen molar-refractivity contribution in [3.8, 4) is 0 Å². The molecule has 0 saturated heterocycles. The van der Waals surface area contributed by atoms with Crippen molar-refractivity contribution >= 4 is 22.3 Å². The molecule has 0 aliphatic carbocycles. The van der Waals surface area contributed by atoms with E-state index in [9.17, 15) is 9.59 Å². The molecule has 0 bridgehead atoms. The Morgan fingerprint density at radius 3 is 1.76 bits per heavy atom. The Morgan fingerprint density at radius 1 is 0.960 bits per heavy atom. The molecular weight excluding hydrogens is 352 g/mol. The van der Waals surface area contributed by atoms with E-state index in [0.717, 1.165) is 12.3 Å². The van der Waals surface area contributed by atoms with Gasteiger partial charge in [-0.15, -0.1) is 0 Å². The molecule has 3 N–H and O–H groups in total. The van der Waals surface area contributed by atoms with Crippen LogP contribution >= 0.6 is 0 Å². The molecule has 0 fully saturated rings. The Morgan fingerprint density at radius 2 is 1.40 bits per heavy atom. The topological polar surface area (TPSA) is 138 Å². The van der Waals surface area contributed by atoms with E-state index in [0.29, 0.717) is 17.7 Å². The van der Waals surface area contributed by atoms with Crippen LogP contribution in [0, 0.1) is 5.92 Å². The largest absolute Gasteiger partial charge is 0.396 e. The summed E-state index contributed by atoms with van der Waals surface area (Å²) in [6.45, 7) is 4.83. The lowest BCUT2D eigenvalue weighted by Gasteiger charge is -2.01. The zero-order valence-corrected chi connectivity index (χ0v) is 15.0. The second-order valence-corrected chi connectivity index (χ2v) is 6.53. The first kappa shape index (κ1) is 23.2. The molecule has 0 atom stereocenters. The Bertz CT molecular complexity index is 611. The number of esters is 2. The van der Waals surface area contributed by atoms with Crippen LogP contribution in [0.1, 0.15) is 60.2 Å². The Labute approximate surface area is 147 Å². The van der Waals surface area contributed by atoms with Gasteiger partial charge in [0, 0.05) is 6.61 Å². The van der Waals surface area contributed by atoms with Crippen LogP contribution < -0.4 is 0 Å². The number of fused-ring (bicyclic) bond motifs is 1. The normalized spacial score (nSPS) is 12.6. The molecule has 2 rings (SSSR count). The average molecular weight is 376 g/mol. The Kier molecular flexibility index (Phi) is 10.8. The molecule has 0 aromatic heterocycles. The molecule has 1 aliphatic heterocycles. The smallest absolute Gasteiger partial charge is 0.394 e. The fourth-order valence-electron chi connectivity index (χ4n) is 1.87. The van der Waals surface area contributed by atoms with Crippen LogP contribution in [-0.4, -0.2) is 41.2 Å². The van der Waals surface area contributed by atoms with Crippen LogP contribution in [0.15, 0.2) is 24.3 Å². The first-order valence-corrected chi connectivity index (χ1v) is 9.12. The van der Waals surface area contributed by atoms with Crippen molar-refractivity contribution in [2.75, 3.05) is 6.61 Å². The third kappa shape index (κ3) is 12.2. The van der Waals surface area contributed by atoms with Crippen molar-refractivity contribution in [2.45, 2.75) is 39.5 Å².